The minimum absolute atomic E-state index is 0.0254. The van der Waals surface area contributed by atoms with E-state index in [1.807, 2.05) is 0 Å². The summed E-state index contributed by atoms with van der Waals surface area (Å²) < 4.78 is 38.0. The Morgan fingerprint density at radius 3 is 2.53 bits per heavy atom. The zero-order valence-corrected chi connectivity index (χ0v) is 10.4. The van der Waals surface area contributed by atoms with Gasteiger partial charge in [0, 0.05) is 18.9 Å². The van der Waals surface area contributed by atoms with E-state index in [2.05, 4.69) is 10.6 Å². The predicted molar refractivity (Wildman–Crippen MR) is 65.3 cm³/mol. The summed E-state index contributed by atoms with van der Waals surface area (Å²) in [5.41, 5.74) is -1.04. The Bertz CT molecular complexity index is 477. The second-order valence-electron chi connectivity index (χ2n) is 3.55. The van der Waals surface area contributed by atoms with E-state index in [1.54, 1.807) is 0 Å². The van der Waals surface area contributed by atoms with Crippen LogP contribution in [0.1, 0.15) is 12.0 Å². The maximum absolute atomic E-state index is 12.7. The molecule has 0 bridgehead atoms. The number of nitrogens with one attached hydrogen (secondary N) is 2. The van der Waals surface area contributed by atoms with E-state index in [0.29, 0.717) is 0 Å². The summed E-state index contributed by atoms with van der Waals surface area (Å²) >= 11 is 4.77. The number of hydrogen-bond acceptors (Lipinski definition) is 3. The van der Waals surface area contributed by atoms with Crippen molar-refractivity contribution in [2.45, 2.75) is 12.6 Å². The van der Waals surface area contributed by atoms with Gasteiger partial charge in [0.2, 0.25) is 0 Å². The maximum atomic E-state index is 12.7. The lowest BCUT2D eigenvalue weighted by Crippen LogP contribution is -2.33. The molecule has 104 valence electrons. The maximum Gasteiger partial charge on any atom is 0.418 e. The molecule has 0 unspecified atom stereocenters. The van der Waals surface area contributed by atoms with Crippen LogP contribution in [0.4, 0.5) is 18.9 Å². The van der Waals surface area contributed by atoms with Gasteiger partial charge in [-0.1, -0.05) is 12.1 Å². The Labute approximate surface area is 112 Å². The van der Waals surface area contributed by atoms with Crippen molar-refractivity contribution in [1.82, 2.24) is 5.32 Å². The lowest BCUT2D eigenvalue weighted by molar-refractivity contribution is -0.305. The number of carboxylic acid groups (broad SMARTS) is 1. The number of thiocarbonyl (C=S) groups is 1. The third kappa shape index (κ3) is 5.12. The zero-order chi connectivity index (χ0) is 14.5. The third-order valence-electron chi connectivity index (χ3n) is 2.10. The molecule has 19 heavy (non-hydrogen) atoms. The van der Waals surface area contributed by atoms with Crippen LogP contribution in [0.15, 0.2) is 24.3 Å². The summed E-state index contributed by atoms with van der Waals surface area (Å²) in [5.74, 6) is -1.27. The first-order chi connectivity index (χ1) is 8.80. The predicted octanol–water partition coefficient (Wildman–Crippen LogP) is 1.13. The molecule has 1 rings (SSSR count). The fourth-order valence-corrected chi connectivity index (χ4v) is 1.50. The Morgan fingerprint density at radius 2 is 1.95 bits per heavy atom. The van der Waals surface area contributed by atoms with Crippen molar-refractivity contribution in [3.8, 4) is 0 Å². The number of anilines is 1. The number of hydrogen-bond donors (Lipinski definition) is 2. The number of carboxylic acids is 1. The van der Waals surface area contributed by atoms with Crippen LogP contribution in [0.2, 0.25) is 0 Å². The van der Waals surface area contributed by atoms with Gasteiger partial charge in [0.25, 0.3) is 0 Å². The number of halogens is 3. The summed E-state index contributed by atoms with van der Waals surface area (Å²) in [6, 6.07) is 4.85. The molecule has 0 spiro atoms. The second-order valence-corrected chi connectivity index (χ2v) is 3.95. The SMILES string of the molecule is O=C([O-])CCNC(=S)Nc1ccccc1C(F)(F)F. The molecule has 1 aromatic rings. The second kappa shape index (κ2) is 6.37. The van der Waals surface area contributed by atoms with Gasteiger partial charge < -0.3 is 20.5 Å². The van der Waals surface area contributed by atoms with E-state index >= 15 is 0 Å². The average Bonchev–Trinajstić information content (AvgIpc) is 2.27. The molecule has 1 aromatic carbocycles. The minimum Gasteiger partial charge on any atom is -0.550 e. The molecule has 0 atom stereocenters. The van der Waals surface area contributed by atoms with Crippen LogP contribution in [-0.2, 0) is 11.0 Å². The quantitative estimate of drug-likeness (QED) is 0.814. The summed E-state index contributed by atoms with van der Waals surface area (Å²) in [7, 11) is 0. The van der Waals surface area contributed by atoms with Crippen molar-refractivity contribution in [1.29, 1.82) is 0 Å². The van der Waals surface area contributed by atoms with Crippen LogP contribution in [-0.4, -0.2) is 17.6 Å². The molecule has 0 fully saturated rings. The highest BCUT2D eigenvalue weighted by atomic mass is 32.1. The summed E-state index contributed by atoms with van der Waals surface area (Å²) in [6.45, 7) is -0.0254. The van der Waals surface area contributed by atoms with Gasteiger partial charge in [0.15, 0.2) is 5.11 Å². The highest BCUT2D eigenvalue weighted by Gasteiger charge is 2.33. The Balaban J connectivity index is 2.67. The highest BCUT2D eigenvalue weighted by molar-refractivity contribution is 7.80. The van der Waals surface area contributed by atoms with Crippen molar-refractivity contribution in [2.75, 3.05) is 11.9 Å². The fourth-order valence-electron chi connectivity index (χ4n) is 1.28. The van der Waals surface area contributed by atoms with Crippen LogP contribution >= 0.6 is 12.2 Å². The molecule has 4 nitrogen and oxygen atoms in total. The molecule has 0 saturated carbocycles. The molecular formula is C11H10F3N2O2S-. The number of carbonyl (C=O) groups excluding carboxylic acids is 1. The van der Waals surface area contributed by atoms with Crippen LogP contribution < -0.4 is 15.7 Å². The normalized spacial score (nSPS) is 10.9. The van der Waals surface area contributed by atoms with E-state index in [0.717, 1.165) is 6.07 Å². The van der Waals surface area contributed by atoms with Gasteiger partial charge in [-0.2, -0.15) is 13.2 Å². The van der Waals surface area contributed by atoms with Gasteiger partial charge in [-0.3, -0.25) is 0 Å². The monoisotopic (exact) mass is 291 g/mol. The van der Waals surface area contributed by atoms with Crippen LogP contribution in [0.25, 0.3) is 0 Å². The van der Waals surface area contributed by atoms with Crippen molar-refractivity contribution in [3.05, 3.63) is 29.8 Å². The van der Waals surface area contributed by atoms with Crippen LogP contribution in [0.3, 0.4) is 0 Å². The number of rotatable bonds is 4. The molecule has 2 N–H and O–H groups in total. The lowest BCUT2D eigenvalue weighted by atomic mass is 10.1. The topological polar surface area (TPSA) is 64.2 Å². The van der Waals surface area contributed by atoms with E-state index < -0.39 is 17.7 Å². The van der Waals surface area contributed by atoms with Crippen molar-refractivity contribution >= 4 is 29.0 Å². The number of alkyl halides is 3. The first-order valence-electron chi connectivity index (χ1n) is 5.21. The summed E-state index contributed by atoms with van der Waals surface area (Å²) in [6.07, 6.45) is -4.78. The van der Waals surface area contributed by atoms with Crippen molar-refractivity contribution < 1.29 is 23.1 Å². The third-order valence-corrected chi connectivity index (χ3v) is 2.34. The van der Waals surface area contributed by atoms with Gasteiger partial charge in [-0.15, -0.1) is 0 Å². The molecule has 0 radical (unpaired) electrons. The van der Waals surface area contributed by atoms with Crippen molar-refractivity contribution in [2.24, 2.45) is 0 Å². The van der Waals surface area contributed by atoms with Crippen molar-refractivity contribution in [3.63, 3.8) is 0 Å². The smallest absolute Gasteiger partial charge is 0.418 e. The molecule has 8 heteroatoms. The van der Waals surface area contributed by atoms with Gasteiger partial charge in [0.05, 0.1) is 11.3 Å². The first kappa shape index (κ1) is 15.2. The summed E-state index contributed by atoms with van der Waals surface area (Å²) in [4.78, 5) is 10.2. The molecule has 0 aliphatic heterocycles. The Morgan fingerprint density at radius 1 is 1.32 bits per heavy atom. The Hall–Kier alpha value is -1.83. The standard InChI is InChI=1S/C11H11F3N2O2S/c12-11(13,14)7-3-1-2-4-8(7)16-10(19)15-6-5-9(17)18/h1-4H,5-6H2,(H,17,18)(H2,15,16,19)/p-1. The summed E-state index contributed by atoms with van der Waals surface area (Å²) in [5, 5.41) is 14.9. The minimum atomic E-state index is -4.50. The number of para-hydroxylation sites is 1. The highest BCUT2D eigenvalue weighted by Crippen LogP contribution is 2.34. The van der Waals surface area contributed by atoms with Gasteiger partial charge in [0.1, 0.15) is 0 Å². The number of carbonyl (C=O) groups is 1. The van der Waals surface area contributed by atoms with E-state index in [9.17, 15) is 23.1 Å². The number of benzene rings is 1. The van der Waals surface area contributed by atoms with E-state index in [-0.39, 0.29) is 23.8 Å². The number of aliphatic carboxylic acids is 1. The molecule has 0 saturated heterocycles. The Kier molecular flexibility index (Phi) is 5.11. The molecule has 0 heterocycles. The lowest BCUT2D eigenvalue weighted by Gasteiger charge is -2.15. The average molecular weight is 291 g/mol. The van der Waals surface area contributed by atoms with E-state index in [1.165, 1.54) is 18.2 Å². The van der Waals surface area contributed by atoms with Gasteiger partial charge in [-0.25, -0.2) is 0 Å². The van der Waals surface area contributed by atoms with Crippen LogP contribution in [0, 0.1) is 0 Å². The first-order valence-corrected chi connectivity index (χ1v) is 5.62. The van der Waals surface area contributed by atoms with Crippen LogP contribution in [0.5, 0.6) is 0 Å². The van der Waals surface area contributed by atoms with Gasteiger partial charge in [-0.05, 0) is 24.4 Å². The van der Waals surface area contributed by atoms with E-state index in [4.69, 9.17) is 12.2 Å². The largest absolute Gasteiger partial charge is 0.550 e. The zero-order valence-electron chi connectivity index (χ0n) is 9.58. The molecule has 0 amide bonds. The molecular weight excluding hydrogens is 281 g/mol. The molecule has 0 aromatic heterocycles. The molecule has 0 aliphatic rings. The van der Waals surface area contributed by atoms with Gasteiger partial charge >= 0.3 is 6.18 Å². The molecule has 0 aliphatic carbocycles. The fraction of sp³-hybridized carbons (Fsp3) is 0.273.